The van der Waals surface area contributed by atoms with E-state index in [2.05, 4.69) is 15.5 Å². The van der Waals surface area contributed by atoms with Gasteiger partial charge in [0.05, 0.1) is 0 Å². The smallest absolute Gasteiger partial charge is 0.326 e. The van der Waals surface area contributed by atoms with Crippen molar-refractivity contribution in [1.82, 2.24) is 15.5 Å². The Hall–Kier alpha value is -4.98. The van der Waals surface area contributed by atoms with Crippen molar-refractivity contribution >= 4 is 11.9 Å². The van der Waals surface area contributed by atoms with Gasteiger partial charge in [-0.05, 0) is 62.7 Å². The molecule has 5 rings (SSSR count). The van der Waals surface area contributed by atoms with E-state index in [-0.39, 0.29) is 12.2 Å². The highest BCUT2D eigenvalue weighted by atomic mass is 16.5. The van der Waals surface area contributed by atoms with Crippen molar-refractivity contribution in [2.24, 2.45) is 0 Å². The number of hydrogen-bond acceptors (Lipinski definition) is 6. The zero-order valence-electron chi connectivity index (χ0n) is 21.8. The first kappa shape index (κ1) is 25.7. The van der Waals surface area contributed by atoms with Crippen LogP contribution in [0.1, 0.15) is 32.8 Å². The summed E-state index contributed by atoms with van der Waals surface area (Å²) in [5, 5.41) is 16.6. The summed E-state index contributed by atoms with van der Waals surface area (Å²) in [7, 11) is 0. The minimum Gasteiger partial charge on any atom is -0.480 e. The Morgan fingerprint density at radius 3 is 2.15 bits per heavy atom. The van der Waals surface area contributed by atoms with Crippen molar-refractivity contribution in [2.45, 2.75) is 33.2 Å². The number of nitrogens with zero attached hydrogens (tertiary/aromatic N) is 2. The van der Waals surface area contributed by atoms with Crippen LogP contribution in [-0.4, -0.2) is 33.2 Å². The number of aromatic nitrogens is 2. The first-order valence-electron chi connectivity index (χ1n) is 12.5. The Bertz CT molecular complexity index is 1630. The fraction of sp³-hybridized carbons (Fsp3) is 0.161. The van der Waals surface area contributed by atoms with Crippen molar-refractivity contribution in [1.29, 1.82) is 0 Å². The van der Waals surface area contributed by atoms with Crippen LogP contribution in [0.4, 0.5) is 0 Å². The van der Waals surface area contributed by atoms with Crippen molar-refractivity contribution in [3.05, 3.63) is 107 Å². The Kier molecular flexibility index (Phi) is 7.10. The summed E-state index contributed by atoms with van der Waals surface area (Å²) in [5.41, 5.74) is 6.17. The number of aliphatic carboxylic acids is 1. The molecular weight excluding hydrogens is 494 g/mol. The normalized spacial score (nSPS) is 11.8. The van der Waals surface area contributed by atoms with Crippen LogP contribution in [0.15, 0.2) is 87.8 Å². The van der Waals surface area contributed by atoms with Crippen molar-refractivity contribution < 1.29 is 23.6 Å². The maximum Gasteiger partial charge on any atom is 0.326 e. The Balaban J connectivity index is 1.32. The fourth-order valence-corrected chi connectivity index (χ4v) is 4.26. The second-order valence-electron chi connectivity index (χ2n) is 9.59. The number of amides is 1. The van der Waals surface area contributed by atoms with Gasteiger partial charge in [0.2, 0.25) is 5.82 Å². The van der Waals surface area contributed by atoms with Crippen LogP contribution in [0.25, 0.3) is 34.2 Å². The Morgan fingerprint density at radius 1 is 0.821 bits per heavy atom. The molecule has 196 valence electrons. The van der Waals surface area contributed by atoms with E-state index in [0.29, 0.717) is 28.6 Å². The summed E-state index contributed by atoms with van der Waals surface area (Å²) < 4.78 is 11.2. The molecule has 3 aromatic carbocycles. The van der Waals surface area contributed by atoms with Crippen molar-refractivity contribution in [2.75, 3.05) is 0 Å². The van der Waals surface area contributed by atoms with Gasteiger partial charge in [0.1, 0.15) is 11.8 Å². The van der Waals surface area contributed by atoms with Crippen LogP contribution in [0, 0.1) is 20.8 Å². The third kappa shape index (κ3) is 5.96. The van der Waals surface area contributed by atoms with Crippen molar-refractivity contribution in [3.8, 4) is 34.2 Å². The number of carbonyl (C=O) groups excluding carboxylic acids is 1. The van der Waals surface area contributed by atoms with Crippen LogP contribution in [0.2, 0.25) is 0 Å². The SMILES string of the molecule is Cc1ccc(-c2ccc(C(=O)NC(Cc3cc(C)cc(-c4noc(-c5ccc(C)cc5)n4)c3)C(=O)O)o2)cc1. The minimum atomic E-state index is -1.17. The van der Waals surface area contributed by atoms with Gasteiger partial charge in [-0.15, -0.1) is 0 Å². The molecule has 1 atom stereocenters. The largest absolute Gasteiger partial charge is 0.480 e. The van der Waals surface area contributed by atoms with Gasteiger partial charge in [-0.1, -0.05) is 64.3 Å². The van der Waals surface area contributed by atoms with Gasteiger partial charge in [-0.2, -0.15) is 4.98 Å². The lowest BCUT2D eigenvalue weighted by Crippen LogP contribution is -2.42. The molecule has 2 heterocycles. The predicted molar refractivity (Wildman–Crippen MR) is 146 cm³/mol. The maximum absolute atomic E-state index is 12.9. The molecule has 2 N–H and O–H groups in total. The summed E-state index contributed by atoms with van der Waals surface area (Å²) >= 11 is 0. The molecule has 0 saturated carbocycles. The monoisotopic (exact) mass is 521 g/mol. The highest BCUT2D eigenvalue weighted by Crippen LogP contribution is 2.26. The standard InChI is InChI=1S/C31H27N3O5/c1-18-4-8-22(9-5-18)26-12-13-27(38-26)29(35)32-25(31(36)37)17-21-14-20(3)15-24(16-21)28-33-30(39-34-28)23-10-6-19(2)7-11-23/h4-16,25H,17H2,1-3H3,(H,32,35)(H,36,37). The van der Waals surface area contributed by atoms with E-state index in [4.69, 9.17) is 8.94 Å². The van der Waals surface area contributed by atoms with Gasteiger partial charge in [0.15, 0.2) is 5.76 Å². The minimum absolute atomic E-state index is 0.0391. The third-order valence-electron chi connectivity index (χ3n) is 6.33. The predicted octanol–water partition coefficient (Wildman–Crippen LogP) is 6.01. The summed E-state index contributed by atoms with van der Waals surface area (Å²) in [6.45, 7) is 5.89. The third-order valence-corrected chi connectivity index (χ3v) is 6.33. The number of hydrogen-bond donors (Lipinski definition) is 2. The van der Waals surface area contributed by atoms with Gasteiger partial charge >= 0.3 is 5.97 Å². The molecule has 8 nitrogen and oxygen atoms in total. The number of carbonyl (C=O) groups is 2. The molecule has 0 saturated heterocycles. The quantitative estimate of drug-likeness (QED) is 0.256. The number of carboxylic acid groups (broad SMARTS) is 1. The molecule has 0 aliphatic carbocycles. The van der Waals surface area contributed by atoms with E-state index < -0.39 is 17.9 Å². The van der Waals surface area contributed by atoms with Gasteiger partial charge in [0.25, 0.3) is 11.8 Å². The van der Waals surface area contributed by atoms with Crippen LogP contribution < -0.4 is 5.32 Å². The molecule has 0 fully saturated rings. The molecule has 5 aromatic rings. The highest BCUT2D eigenvalue weighted by molar-refractivity contribution is 5.94. The van der Waals surface area contributed by atoms with Gasteiger partial charge in [-0.3, -0.25) is 4.79 Å². The Morgan fingerprint density at radius 2 is 1.49 bits per heavy atom. The first-order chi connectivity index (χ1) is 18.7. The number of rotatable bonds is 8. The molecule has 0 bridgehead atoms. The van der Waals surface area contributed by atoms with Crippen LogP contribution >= 0.6 is 0 Å². The van der Waals surface area contributed by atoms with Crippen molar-refractivity contribution in [3.63, 3.8) is 0 Å². The van der Waals surface area contributed by atoms with Gasteiger partial charge in [0, 0.05) is 23.1 Å². The molecule has 0 spiro atoms. The molecule has 1 unspecified atom stereocenters. The van der Waals surface area contributed by atoms with Crippen LogP contribution in [0.3, 0.4) is 0 Å². The second kappa shape index (κ2) is 10.8. The van der Waals surface area contributed by atoms with E-state index >= 15 is 0 Å². The average Bonchev–Trinajstić information content (AvgIpc) is 3.60. The number of benzene rings is 3. The molecule has 1 amide bonds. The molecule has 8 heteroatoms. The summed E-state index contributed by atoms with van der Waals surface area (Å²) in [6, 6.07) is 23.1. The lowest BCUT2D eigenvalue weighted by atomic mass is 10.00. The Labute approximate surface area is 225 Å². The van der Waals surface area contributed by atoms with Crippen LogP contribution in [0.5, 0.6) is 0 Å². The number of carboxylic acids is 1. The van der Waals surface area contributed by atoms with E-state index in [9.17, 15) is 14.7 Å². The summed E-state index contributed by atoms with van der Waals surface area (Å²) in [4.78, 5) is 29.5. The second-order valence-corrected chi connectivity index (χ2v) is 9.59. The van der Waals surface area contributed by atoms with Gasteiger partial charge in [-0.25, -0.2) is 4.79 Å². The van der Waals surface area contributed by atoms with E-state index in [1.807, 2.05) is 81.4 Å². The molecule has 0 aliphatic rings. The number of furan rings is 1. The number of nitrogens with one attached hydrogen (secondary N) is 1. The van der Waals surface area contributed by atoms with E-state index in [1.165, 1.54) is 6.07 Å². The molecular formula is C31H27N3O5. The summed E-state index contributed by atoms with van der Waals surface area (Å²) in [5.74, 6) is -0.400. The molecule has 0 aliphatic heterocycles. The van der Waals surface area contributed by atoms with Gasteiger partial charge < -0.3 is 19.4 Å². The molecule has 2 aromatic heterocycles. The number of aryl methyl sites for hydroxylation is 3. The highest BCUT2D eigenvalue weighted by Gasteiger charge is 2.24. The zero-order valence-corrected chi connectivity index (χ0v) is 21.8. The first-order valence-corrected chi connectivity index (χ1v) is 12.5. The zero-order chi connectivity index (χ0) is 27.5. The lowest BCUT2D eigenvalue weighted by molar-refractivity contribution is -0.139. The van der Waals surface area contributed by atoms with E-state index in [0.717, 1.165) is 27.8 Å². The molecule has 39 heavy (non-hydrogen) atoms. The fourth-order valence-electron chi connectivity index (χ4n) is 4.26. The van der Waals surface area contributed by atoms with Crippen LogP contribution in [-0.2, 0) is 11.2 Å². The molecule has 0 radical (unpaired) electrons. The maximum atomic E-state index is 12.9. The lowest BCUT2D eigenvalue weighted by Gasteiger charge is -2.15. The average molecular weight is 522 g/mol. The summed E-state index contributed by atoms with van der Waals surface area (Å²) in [6.07, 6.45) is 0.0595. The topological polar surface area (TPSA) is 118 Å². The van der Waals surface area contributed by atoms with E-state index in [1.54, 1.807) is 12.1 Å².